The second-order valence-electron chi connectivity index (χ2n) is 8.92. The lowest BCUT2D eigenvalue weighted by molar-refractivity contribution is 0.103. The average molecular weight is 515 g/mol. The largest absolute Gasteiger partial charge is 0.289 e. The minimum atomic E-state index is 0.0280. The molecule has 0 aliphatic heterocycles. The highest BCUT2D eigenvalue weighted by molar-refractivity contribution is 9.10. The van der Waals surface area contributed by atoms with E-state index in [2.05, 4.69) is 94.8 Å². The molecule has 0 radical (unpaired) electrons. The van der Waals surface area contributed by atoms with Gasteiger partial charge in [-0.25, -0.2) is 0 Å². The van der Waals surface area contributed by atoms with E-state index in [1.807, 2.05) is 36.4 Å². The van der Waals surface area contributed by atoms with Gasteiger partial charge in [0.05, 0.1) is 0 Å². The molecule has 0 heterocycles. The van der Waals surface area contributed by atoms with Crippen LogP contribution in [-0.4, -0.2) is 5.78 Å². The van der Waals surface area contributed by atoms with Crippen LogP contribution < -0.4 is 0 Å². The Kier molecular flexibility index (Phi) is 5.67. The number of benzene rings is 5. The van der Waals surface area contributed by atoms with Crippen LogP contribution in [0.2, 0.25) is 0 Å². The van der Waals surface area contributed by atoms with Gasteiger partial charge in [-0.1, -0.05) is 119 Å². The van der Waals surface area contributed by atoms with Crippen LogP contribution in [0.1, 0.15) is 34.3 Å². The molecule has 0 saturated carbocycles. The van der Waals surface area contributed by atoms with E-state index in [0.717, 1.165) is 22.9 Å². The van der Waals surface area contributed by atoms with Crippen molar-refractivity contribution in [3.05, 3.63) is 136 Å². The Labute approximate surface area is 213 Å². The van der Waals surface area contributed by atoms with Gasteiger partial charge in [-0.05, 0) is 68.8 Å². The lowest BCUT2D eigenvalue weighted by atomic mass is 9.84. The zero-order valence-electron chi connectivity index (χ0n) is 19.2. The Morgan fingerprint density at radius 3 is 1.86 bits per heavy atom. The molecule has 6 rings (SSSR count). The van der Waals surface area contributed by atoms with Crippen LogP contribution in [-0.2, 0) is 0 Å². The minimum Gasteiger partial charge on any atom is -0.289 e. The van der Waals surface area contributed by atoms with Gasteiger partial charge >= 0.3 is 0 Å². The van der Waals surface area contributed by atoms with Crippen molar-refractivity contribution in [2.45, 2.75) is 12.8 Å². The van der Waals surface area contributed by atoms with E-state index in [-0.39, 0.29) is 5.78 Å². The number of fused-ring (bicyclic) bond motifs is 2. The fraction of sp³-hybridized carbons (Fsp3) is 0.0606. The first-order valence-corrected chi connectivity index (χ1v) is 12.7. The highest BCUT2D eigenvalue weighted by Gasteiger charge is 2.18. The standard InChI is InChI=1S/C33H23BrO/c34-26-12-8-11-25(21-26)33(35)24-19-17-23(18-20-24)32-29-15-6-4-13-27(29)31(22-9-2-1-3-10-22)28-14-5-7-16-30(28)32/h1-2,4-9,11-21H,3,10H2. The summed E-state index contributed by atoms with van der Waals surface area (Å²) in [5, 5.41) is 5.03. The van der Waals surface area contributed by atoms with Crippen molar-refractivity contribution in [3.63, 3.8) is 0 Å². The van der Waals surface area contributed by atoms with Crippen LogP contribution in [0.25, 0.3) is 38.2 Å². The molecular weight excluding hydrogens is 492 g/mol. The van der Waals surface area contributed by atoms with E-state index in [0.29, 0.717) is 11.1 Å². The van der Waals surface area contributed by atoms with Gasteiger partial charge in [0, 0.05) is 15.6 Å². The fourth-order valence-corrected chi connectivity index (χ4v) is 5.58. The number of hydrogen-bond acceptors (Lipinski definition) is 1. The van der Waals surface area contributed by atoms with Crippen molar-refractivity contribution in [3.8, 4) is 11.1 Å². The maximum absolute atomic E-state index is 13.1. The first kappa shape index (κ1) is 21.8. The highest BCUT2D eigenvalue weighted by atomic mass is 79.9. The van der Waals surface area contributed by atoms with E-state index < -0.39 is 0 Å². The molecule has 5 aromatic carbocycles. The lowest BCUT2D eigenvalue weighted by Gasteiger charge is -2.20. The molecule has 0 bridgehead atoms. The van der Waals surface area contributed by atoms with E-state index in [1.54, 1.807) is 0 Å². The van der Waals surface area contributed by atoms with Crippen molar-refractivity contribution < 1.29 is 4.79 Å². The molecule has 1 nitrogen and oxygen atoms in total. The molecule has 0 amide bonds. The zero-order valence-corrected chi connectivity index (χ0v) is 20.8. The average Bonchev–Trinajstić information content (AvgIpc) is 2.92. The maximum atomic E-state index is 13.1. The predicted molar refractivity (Wildman–Crippen MR) is 151 cm³/mol. The molecule has 1 aliphatic carbocycles. The topological polar surface area (TPSA) is 17.1 Å². The summed E-state index contributed by atoms with van der Waals surface area (Å²) in [7, 11) is 0. The Balaban J connectivity index is 1.54. The molecule has 0 saturated heterocycles. The fourth-order valence-electron chi connectivity index (χ4n) is 5.18. The molecule has 5 aromatic rings. The van der Waals surface area contributed by atoms with Gasteiger partial charge in [-0.15, -0.1) is 0 Å². The molecule has 0 spiro atoms. The monoisotopic (exact) mass is 514 g/mol. The van der Waals surface area contributed by atoms with Crippen LogP contribution in [0.5, 0.6) is 0 Å². The summed E-state index contributed by atoms with van der Waals surface area (Å²) in [5.41, 5.74) is 6.44. The van der Waals surface area contributed by atoms with E-state index >= 15 is 0 Å². The quantitative estimate of drug-likeness (QED) is 0.172. The van der Waals surface area contributed by atoms with Gasteiger partial charge in [-0.3, -0.25) is 4.79 Å². The van der Waals surface area contributed by atoms with Crippen molar-refractivity contribution in [1.29, 1.82) is 0 Å². The van der Waals surface area contributed by atoms with Crippen molar-refractivity contribution >= 4 is 48.8 Å². The van der Waals surface area contributed by atoms with Crippen molar-refractivity contribution in [1.82, 2.24) is 0 Å². The number of hydrogen-bond donors (Lipinski definition) is 0. The minimum absolute atomic E-state index is 0.0280. The van der Waals surface area contributed by atoms with Gasteiger partial charge in [-0.2, -0.15) is 0 Å². The number of ketones is 1. The number of allylic oxidation sites excluding steroid dienone is 4. The Hall–Kier alpha value is -3.75. The predicted octanol–water partition coefficient (Wildman–Crippen LogP) is 9.39. The number of carbonyl (C=O) groups is 1. The third-order valence-corrected chi connectivity index (χ3v) is 7.28. The van der Waals surface area contributed by atoms with Crippen LogP contribution in [0.4, 0.5) is 0 Å². The molecule has 0 atom stereocenters. The molecule has 0 N–H and O–H groups in total. The van der Waals surface area contributed by atoms with Crippen LogP contribution >= 0.6 is 15.9 Å². The summed E-state index contributed by atoms with van der Waals surface area (Å²) in [6.07, 6.45) is 8.80. The van der Waals surface area contributed by atoms with E-state index in [4.69, 9.17) is 0 Å². The van der Waals surface area contributed by atoms with Gasteiger partial charge < -0.3 is 0 Å². The maximum Gasteiger partial charge on any atom is 0.193 e. The molecule has 0 aromatic heterocycles. The Bertz CT molecular complexity index is 1600. The van der Waals surface area contributed by atoms with Crippen LogP contribution in [0.3, 0.4) is 0 Å². The zero-order chi connectivity index (χ0) is 23.8. The van der Waals surface area contributed by atoms with Gasteiger partial charge in [0.1, 0.15) is 0 Å². The Morgan fingerprint density at radius 1 is 0.657 bits per heavy atom. The van der Waals surface area contributed by atoms with Crippen molar-refractivity contribution in [2.24, 2.45) is 0 Å². The Morgan fingerprint density at radius 2 is 1.29 bits per heavy atom. The molecular formula is C33H23BrO. The molecule has 1 aliphatic rings. The summed E-state index contributed by atoms with van der Waals surface area (Å²) in [6.45, 7) is 0. The molecule has 0 fully saturated rings. The molecule has 0 unspecified atom stereocenters. The first-order chi connectivity index (χ1) is 17.2. The van der Waals surface area contributed by atoms with Crippen LogP contribution in [0.15, 0.2) is 120 Å². The highest BCUT2D eigenvalue weighted by Crippen LogP contribution is 2.43. The van der Waals surface area contributed by atoms with Crippen LogP contribution in [0, 0.1) is 0 Å². The number of halogens is 1. The first-order valence-electron chi connectivity index (χ1n) is 11.9. The second-order valence-corrected chi connectivity index (χ2v) is 9.83. The number of carbonyl (C=O) groups excluding carboxylic acids is 1. The molecule has 168 valence electrons. The molecule has 2 heteroatoms. The summed E-state index contributed by atoms with van der Waals surface area (Å²) < 4.78 is 0.904. The van der Waals surface area contributed by atoms with Gasteiger partial charge in [0.15, 0.2) is 5.78 Å². The third-order valence-electron chi connectivity index (χ3n) is 6.79. The lowest BCUT2D eigenvalue weighted by Crippen LogP contribution is -2.01. The van der Waals surface area contributed by atoms with Gasteiger partial charge in [0.2, 0.25) is 0 Å². The van der Waals surface area contributed by atoms with E-state index in [1.165, 1.54) is 38.2 Å². The second kappa shape index (κ2) is 9.13. The smallest absolute Gasteiger partial charge is 0.193 e. The summed E-state index contributed by atoms with van der Waals surface area (Å²) in [6, 6.07) is 33.0. The third kappa shape index (κ3) is 3.94. The summed E-state index contributed by atoms with van der Waals surface area (Å²) >= 11 is 3.47. The summed E-state index contributed by atoms with van der Waals surface area (Å²) in [5.74, 6) is 0.0280. The van der Waals surface area contributed by atoms with Gasteiger partial charge in [0.25, 0.3) is 0 Å². The van der Waals surface area contributed by atoms with E-state index in [9.17, 15) is 4.79 Å². The van der Waals surface area contributed by atoms with Crippen molar-refractivity contribution in [2.75, 3.05) is 0 Å². The summed E-state index contributed by atoms with van der Waals surface area (Å²) in [4.78, 5) is 13.1. The number of rotatable bonds is 4. The normalized spacial score (nSPS) is 13.2. The molecule has 35 heavy (non-hydrogen) atoms. The SMILES string of the molecule is O=C(c1ccc(-c2c3ccccc3c(C3=CC=CCC3)c3ccccc23)cc1)c1cccc(Br)c1.